The Bertz CT molecular complexity index is 1470. The third-order valence-electron chi connectivity index (χ3n) is 6.30. The van der Waals surface area contributed by atoms with E-state index in [4.69, 9.17) is 4.42 Å². The standard InChI is InChI=1S/C28H25N3O4/c1-19(32)30-13-15-31(16-14-30)25-11-4-3-10-24(25)29-27(33)22-9-6-8-20(17-22)23-18-21-7-2-5-12-26(21)35-28(23)34/h2-12,17-18H,13-16H2,1H3,(H,29,33). The lowest BCUT2D eigenvalue weighted by Crippen LogP contribution is -2.48. The van der Waals surface area contributed by atoms with Gasteiger partial charge in [-0.1, -0.05) is 42.5 Å². The highest BCUT2D eigenvalue weighted by molar-refractivity contribution is 6.06. The summed E-state index contributed by atoms with van der Waals surface area (Å²) >= 11 is 0. The fourth-order valence-electron chi connectivity index (χ4n) is 4.40. The molecule has 1 aliphatic heterocycles. The van der Waals surface area contributed by atoms with Crippen molar-refractivity contribution in [3.63, 3.8) is 0 Å². The first-order valence-corrected chi connectivity index (χ1v) is 11.5. The number of fused-ring (bicyclic) bond motifs is 1. The SMILES string of the molecule is CC(=O)N1CCN(c2ccccc2NC(=O)c2cccc(-c3cc4ccccc4oc3=O)c2)CC1. The molecule has 1 saturated heterocycles. The maximum atomic E-state index is 13.2. The number of hydrogen-bond acceptors (Lipinski definition) is 5. The van der Waals surface area contributed by atoms with Crippen LogP contribution < -0.4 is 15.8 Å². The van der Waals surface area contributed by atoms with Gasteiger partial charge < -0.3 is 19.5 Å². The highest BCUT2D eigenvalue weighted by Gasteiger charge is 2.21. The molecule has 0 unspecified atom stereocenters. The molecular weight excluding hydrogens is 442 g/mol. The van der Waals surface area contributed by atoms with Crippen LogP contribution in [-0.2, 0) is 4.79 Å². The molecule has 1 aromatic heterocycles. The van der Waals surface area contributed by atoms with Crippen LogP contribution in [0.3, 0.4) is 0 Å². The van der Waals surface area contributed by atoms with E-state index in [2.05, 4.69) is 10.2 Å². The van der Waals surface area contributed by atoms with Gasteiger partial charge in [0.2, 0.25) is 5.91 Å². The van der Waals surface area contributed by atoms with E-state index in [1.165, 1.54) is 0 Å². The van der Waals surface area contributed by atoms with Gasteiger partial charge in [0, 0.05) is 44.1 Å². The number of nitrogens with zero attached hydrogens (tertiary/aromatic N) is 2. The number of amides is 2. The van der Waals surface area contributed by atoms with Crippen LogP contribution in [0.15, 0.2) is 88.1 Å². The minimum Gasteiger partial charge on any atom is -0.422 e. The van der Waals surface area contributed by atoms with Crippen molar-refractivity contribution < 1.29 is 14.0 Å². The second-order valence-electron chi connectivity index (χ2n) is 8.53. The summed E-state index contributed by atoms with van der Waals surface area (Å²) in [6.45, 7) is 4.27. The molecular formula is C28H25N3O4. The number of carbonyl (C=O) groups excluding carboxylic acids is 2. The Hall–Kier alpha value is -4.39. The molecule has 0 aliphatic carbocycles. The molecule has 0 spiro atoms. The summed E-state index contributed by atoms with van der Waals surface area (Å²) in [6, 6.07) is 23.7. The fraction of sp³-hybridized carbons (Fsp3) is 0.179. The quantitative estimate of drug-likeness (QED) is 0.451. The first-order chi connectivity index (χ1) is 17.0. The Morgan fingerprint density at radius 3 is 2.40 bits per heavy atom. The first kappa shape index (κ1) is 22.4. The molecule has 7 nitrogen and oxygen atoms in total. The van der Waals surface area contributed by atoms with Gasteiger partial charge in [-0.25, -0.2) is 4.79 Å². The van der Waals surface area contributed by atoms with Gasteiger partial charge in [-0.15, -0.1) is 0 Å². The number of carbonyl (C=O) groups is 2. The summed E-state index contributed by atoms with van der Waals surface area (Å²) in [5.41, 5.74) is 3.14. The number of rotatable bonds is 4. The minimum absolute atomic E-state index is 0.0755. The molecule has 0 atom stereocenters. The zero-order valence-electron chi connectivity index (χ0n) is 19.4. The highest BCUT2D eigenvalue weighted by atomic mass is 16.4. The number of nitrogens with one attached hydrogen (secondary N) is 1. The van der Waals surface area contributed by atoms with Crippen LogP contribution in [0.1, 0.15) is 17.3 Å². The molecule has 0 saturated carbocycles. The van der Waals surface area contributed by atoms with Gasteiger partial charge in [0.25, 0.3) is 5.91 Å². The predicted octanol–water partition coefficient (Wildman–Crippen LogP) is 4.38. The topological polar surface area (TPSA) is 82.9 Å². The second kappa shape index (κ2) is 9.46. The van der Waals surface area contributed by atoms with Crippen LogP contribution in [0.5, 0.6) is 0 Å². The second-order valence-corrected chi connectivity index (χ2v) is 8.53. The molecule has 1 N–H and O–H groups in total. The Kier molecular flexibility index (Phi) is 6.06. The average Bonchev–Trinajstić information content (AvgIpc) is 2.88. The number of para-hydroxylation sites is 3. The highest BCUT2D eigenvalue weighted by Crippen LogP contribution is 2.28. The summed E-state index contributed by atoms with van der Waals surface area (Å²) in [5, 5.41) is 3.83. The lowest BCUT2D eigenvalue weighted by molar-refractivity contribution is -0.129. The van der Waals surface area contributed by atoms with E-state index in [0.717, 1.165) is 11.1 Å². The summed E-state index contributed by atoms with van der Waals surface area (Å²) < 4.78 is 5.46. The van der Waals surface area contributed by atoms with Crippen LogP contribution in [0.4, 0.5) is 11.4 Å². The maximum absolute atomic E-state index is 13.2. The average molecular weight is 468 g/mol. The van der Waals surface area contributed by atoms with Crippen molar-refractivity contribution in [2.75, 3.05) is 36.4 Å². The van der Waals surface area contributed by atoms with Crippen LogP contribution in [0.25, 0.3) is 22.1 Å². The molecule has 176 valence electrons. The molecule has 0 radical (unpaired) electrons. The lowest BCUT2D eigenvalue weighted by Gasteiger charge is -2.36. The van der Waals surface area contributed by atoms with Gasteiger partial charge in [0.05, 0.1) is 16.9 Å². The Morgan fingerprint density at radius 1 is 0.857 bits per heavy atom. The van der Waals surface area contributed by atoms with Gasteiger partial charge in [0.1, 0.15) is 5.58 Å². The van der Waals surface area contributed by atoms with Crippen molar-refractivity contribution in [2.45, 2.75) is 6.92 Å². The molecule has 7 heteroatoms. The first-order valence-electron chi connectivity index (χ1n) is 11.5. The van der Waals surface area contributed by atoms with Crippen LogP contribution in [-0.4, -0.2) is 42.9 Å². The Morgan fingerprint density at radius 2 is 1.60 bits per heavy atom. The number of anilines is 2. The molecule has 0 bridgehead atoms. The normalized spacial score (nSPS) is 13.6. The Balaban J connectivity index is 1.39. The molecule has 2 heterocycles. The molecule has 1 aliphatic rings. The summed E-state index contributed by atoms with van der Waals surface area (Å²) in [7, 11) is 0. The zero-order chi connectivity index (χ0) is 24.4. The number of hydrogen-bond donors (Lipinski definition) is 1. The monoisotopic (exact) mass is 467 g/mol. The molecule has 3 aromatic carbocycles. The van der Waals surface area contributed by atoms with Crippen LogP contribution >= 0.6 is 0 Å². The van der Waals surface area contributed by atoms with Gasteiger partial charge in [-0.3, -0.25) is 9.59 Å². The molecule has 2 amide bonds. The van der Waals surface area contributed by atoms with Crippen molar-refractivity contribution in [1.82, 2.24) is 4.90 Å². The van der Waals surface area contributed by atoms with Gasteiger partial charge in [0.15, 0.2) is 0 Å². The number of benzene rings is 3. The summed E-state index contributed by atoms with van der Waals surface area (Å²) in [5.74, 6) is -0.196. The van der Waals surface area contributed by atoms with Crippen molar-refractivity contribution in [3.05, 3.63) is 94.8 Å². The summed E-state index contributed by atoms with van der Waals surface area (Å²) in [6.07, 6.45) is 0. The molecule has 4 aromatic rings. The van der Waals surface area contributed by atoms with Crippen molar-refractivity contribution >= 4 is 34.2 Å². The molecule has 35 heavy (non-hydrogen) atoms. The van der Waals surface area contributed by atoms with E-state index in [1.807, 2.05) is 47.4 Å². The van der Waals surface area contributed by atoms with Gasteiger partial charge in [-0.05, 0) is 42.0 Å². The Labute approximate surface area is 202 Å². The van der Waals surface area contributed by atoms with E-state index in [-0.39, 0.29) is 11.8 Å². The smallest absolute Gasteiger partial charge is 0.344 e. The van der Waals surface area contributed by atoms with Crippen LogP contribution in [0, 0.1) is 0 Å². The fourth-order valence-corrected chi connectivity index (χ4v) is 4.40. The van der Waals surface area contributed by atoms with E-state index in [9.17, 15) is 14.4 Å². The predicted molar refractivity (Wildman–Crippen MR) is 137 cm³/mol. The van der Waals surface area contributed by atoms with E-state index in [0.29, 0.717) is 54.1 Å². The van der Waals surface area contributed by atoms with Gasteiger partial charge >= 0.3 is 5.63 Å². The van der Waals surface area contributed by atoms with Crippen molar-refractivity contribution in [3.8, 4) is 11.1 Å². The van der Waals surface area contributed by atoms with Crippen molar-refractivity contribution in [1.29, 1.82) is 0 Å². The van der Waals surface area contributed by atoms with Gasteiger partial charge in [-0.2, -0.15) is 0 Å². The third-order valence-corrected chi connectivity index (χ3v) is 6.30. The van der Waals surface area contributed by atoms with E-state index in [1.54, 1.807) is 43.3 Å². The van der Waals surface area contributed by atoms with Crippen LogP contribution in [0.2, 0.25) is 0 Å². The maximum Gasteiger partial charge on any atom is 0.344 e. The third kappa shape index (κ3) is 4.66. The molecule has 5 rings (SSSR count). The number of piperazine rings is 1. The van der Waals surface area contributed by atoms with Crippen molar-refractivity contribution in [2.24, 2.45) is 0 Å². The summed E-state index contributed by atoms with van der Waals surface area (Å²) in [4.78, 5) is 41.4. The minimum atomic E-state index is -0.448. The zero-order valence-corrected chi connectivity index (χ0v) is 19.4. The largest absolute Gasteiger partial charge is 0.422 e. The lowest BCUT2D eigenvalue weighted by atomic mass is 10.0. The molecule has 1 fully saturated rings. The van der Waals surface area contributed by atoms with E-state index >= 15 is 0 Å². The van der Waals surface area contributed by atoms with E-state index < -0.39 is 5.63 Å².